The fraction of sp³-hybridized carbons (Fsp3) is 0.571. The van der Waals surface area contributed by atoms with E-state index in [4.69, 9.17) is 20.1 Å². The van der Waals surface area contributed by atoms with Crippen LogP contribution in [-0.2, 0) is 14.9 Å². The SMILES string of the molecule is O=C1C[C@@H]2OCC=C3CN4CC[C@]56c7ccccc7N1[C@@H]5[C@H]2[C@H]3C[C@H]46.O=[N+]([O-])O. The number of carbonyl (C=O) groups excluding carboxylic acids is 1. The van der Waals surface area contributed by atoms with Crippen molar-refractivity contribution in [1.82, 2.24) is 4.90 Å². The van der Waals surface area contributed by atoms with Crippen LogP contribution in [0.15, 0.2) is 35.9 Å². The third-order valence-electron chi connectivity index (χ3n) is 8.22. The lowest BCUT2D eigenvalue weighted by molar-refractivity contribution is -0.742. The summed E-state index contributed by atoms with van der Waals surface area (Å²) in [4.78, 5) is 26.4. The van der Waals surface area contributed by atoms with Crippen molar-refractivity contribution in [2.45, 2.75) is 42.9 Å². The Bertz CT molecular complexity index is 944. The molecule has 0 aromatic heterocycles. The van der Waals surface area contributed by atoms with Crippen LogP contribution in [0.5, 0.6) is 0 Å². The first-order valence-electron chi connectivity index (χ1n) is 10.3. The van der Waals surface area contributed by atoms with E-state index in [1.807, 2.05) is 0 Å². The number of nitrogens with zero attached hydrogens (tertiary/aromatic N) is 3. The molecule has 3 saturated heterocycles. The fourth-order valence-corrected chi connectivity index (χ4v) is 7.51. The molecule has 1 aromatic carbocycles. The van der Waals surface area contributed by atoms with Gasteiger partial charge in [-0.05, 0) is 36.9 Å². The number of fused-ring (bicyclic) bond motifs is 2. The molecule has 8 heteroatoms. The normalized spacial score (nSPS) is 40.4. The van der Waals surface area contributed by atoms with Crippen molar-refractivity contribution in [3.63, 3.8) is 0 Å². The molecule has 1 N–H and O–H groups in total. The molecule has 1 aromatic rings. The largest absolute Gasteiger partial charge is 0.373 e. The summed E-state index contributed by atoms with van der Waals surface area (Å²) in [7, 11) is 0. The van der Waals surface area contributed by atoms with Crippen LogP contribution < -0.4 is 4.90 Å². The fourth-order valence-electron chi connectivity index (χ4n) is 7.51. The molecule has 29 heavy (non-hydrogen) atoms. The molecule has 5 heterocycles. The first-order valence-corrected chi connectivity index (χ1v) is 10.3. The van der Waals surface area contributed by atoms with E-state index in [1.165, 1.54) is 30.6 Å². The minimum atomic E-state index is -1.50. The molecule has 0 unspecified atom stereocenters. The van der Waals surface area contributed by atoms with Crippen LogP contribution in [-0.4, -0.2) is 59.0 Å². The van der Waals surface area contributed by atoms with Gasteiger partial charge in [-0.15, -0.1) is 10.1 Å². The van der Waals surface area contributed by atoms with Crippen LogP contribution in [0, 0.1) is 22.0 Å². The van der Waals surface area contributed by atoms with Gasteiger partial charge in [-0.3, -0.25) is 9.69 Å². The number of piperidine rings is 2. The van der Waals surface area contributed by atoms with Gasteiger partial charge < -0.3 is 14.8 Å². The average molecular weight is 397 g/mol. The summed E-state index contributed by atoms with van der Waals surface area (Å²) in [5, 5.41) is 13.6. The topological polar surface area (TPSA) is 96.2 Å². The molecular weight excluding hydrogens is 374 g/mol. The summed E-state index contributed by atoms with van der Waals surface area (Å²) in [6.45, 7) is 2.97. The zero-order chi connectivity index (χ0) is 19.9. The van der Waals surface area contributed by atoms with Crippen molar-refractivity contribution < 1.29 is 19.8 Å². The van der Waals surface area contributed by atoms with Gasteiger partial charge in [0, 0.05) is 29.6 Å². The second kappa shape index (κ2) is 5.79. The summed E-state index contributed by atoms with van der Waals surface area (Å²) in [5.74, 6) is 1.35. The number of benzene rings is 1. The zero-order valence-electron chi connectivity index (χ0n) is 15.9. The zero-order valence-corrected chi connectivity index (χ0v) is 15.9. The highest BCUT2D eigenvalue weighted by molar-refractivity contribution is 5.99. The van der Waals surface area contributed by atoms with Gasteiger partial charge in [0.2, 0.25) is 5.91 Å². The monoisotopic (exact) mass is 397 g/mol. The predicted octanol–water partition coefficient (Wildman–Crippen LogP) is 1.74. The van der Waals surface area contributed by atoms with Gasteiger partial charge in [-0.2, -0.15) is 0 Å². The van der Waals surface area contributed by atoms with E-state index in [2.05, 4.69) is 40.1 Å². The van der Waals surface area contributed by atoms with Gasteiger partial charge in [0.15, 0.2) is 0 Å². The Morgan fingerprint density at radius 2 is 2.10 bits per heavy atom. The Balaban J connectivity index is 0.000000382. The van der Waals surface area contributed by atoms with Gasteiger partial charge in [-0.1, -0.05) is 29.8 Å². The van der Waals surface area contributed by atoms with E-state index in [1.54, 1.807) is 5.57 Å². The molecule has 1 spiro atoms. The number of hydrogen-bond acceptors (Lipinski definition) is 5. The Hall–Kier alpha value is -2.45. The molecule has 8 nitrogen and oxygen atoms in total. The Morgan fingerprint density at radius 1 is 1.31 bits per heavy atom. The van der Waals surface area contributed by atoms with Crippen LogP contribution in [0.25, 0.3) is 0 Å². The number of amides is 1. The highest BCUT2D eigenvalue weighted by Gasteiger charge is 2.70. The highest BCUT2D eigenvalue weighted by atomic mass is 16.9. The summed E-state index contributed by atoms with van der Waals surface area (Å²) < 4.78 is 6.25. The van der Waals surface area contributed by atoms with E-state index in [9.17, 15) is 4.79 Å². The predicted molar refractivity (Wildman–Crippen MR) is 102 cm³/mol. The quantitative estimate of drug-likeness (QED) is 0.407. The first kappa shape index (κ1) is 17.4. The molecule has 5 aliphatic heterocycles. The van der Waals surface area contributed by atoms with Gasteiger partial charge in [-0.25, -0.2) is 0 Å². The molecule has 1 aliphatic carbocycles. The molecule has 1 saturated carbocycles. The minimum absolute atomic E-state index is 0.104. The van der Waals surface area contributed by atoms with Crippen molar-refractivity contribution >= 4 is 11.6 Å². The molecule has 152 valence electrons. The first-order chi connectivity index (χ1) is 14.0. The van der Waals surface area contributed by atoms with Crippen LogP contribution >= 0.6 is 0 Å². The van der Waals surface area contributed by atoms with Crippen LogP contribution in [0.2, 0.25) is 0 Å². The standard InChI is InChI=1S/C21H22N2O2.HNO3/c24-18-10-16-19-13-9-17-21(6-7-22(17)11-12(13)5-8-25-16)14-3-1-2-4-15(14)23(18)20(19)21;2-1(3)4/h1-5,13,16-17,19-20H,6-11H2;(H,2,3,4)/t13-,16-,17-,19-,20+,21+;/m0./s1. The van der Waals surface area contributed by atoms with E-state index in [0.29, 0.717) is 36.9 Å². The van der Waals surface area contributed by atoms with Crippen molar-refractivity contribution in [3.8, 4) is 0 Å². The van der Waals surface area contributed by atoms with Gasteiger partial charge in [0.05, 0.1) is 25.2 Å². The van der Waals surface area contributed by atoms with Gasteiger partial charge in [0.1, 0.15) is 0 Å². The second-order valence-corrected chi connectivity index (χ2v) is 9.01. The maximum atomic E-state index is 13.2. The van der Waals surface area contributed by atoms with Crippen molar-refractivity contribution in [2.75, 3.05) is 24.6 Å². The van der Waals surface area contributed by atoms with Crippen molar-refractivity contribution in [3.05, 3.63) is 51.6 Å². The van der Waals surface area contributed by atoms with E-state index in [0.717, 1.165) is 6.54 Å². The van der Waals surface area contributed by atoms with Crippen LogP contribution in [0.4, 0.5) is 5.69 Å². The molecule has 0 radical (unpaired) electrons. The Labute approximate surface area is 167 Å². The lowest BCUT2D eigenvalue weighted by Gasteiger charge is -2.58. The number of para-hydroxylation sites is 1. The van der Waals surface area contributed by atoms with Crippen LogP contribution in [0.1, 0.15) is 24.8 Å². The Kier molecular flexibility index (Phi) is 3.48. The summed E-state index contributed by atoms with van der Waals surface area (Å²) >= 11 is 0. The molecule has 1 amide bonds. The molecule has 6 atom stereocenters. The molecule has 7 rings (SSSR count). The maximum absolute atomic E-state index is 13.2. The molecule has 2 bridgehead atoms. The Morgan fingerprint density at radius 3 is 2.93 bits per heavy atom. The van der Waals surface area contributed by atoms with E-state index < -0.39 is 5.09 Å². The van der Waals surface area contributed by atoms with Crippen LogP contribution in [0.3, 0.4) is 0 Å². The lowest BCUT2D eigenvalue weighted by atomic mass is 9.53. The van der Waals surface area contributed by atoms with Crippen molar-refractivity contribution in [1.29, 1.82) is 0 Å². The maximum Gasteiger partial charge on any atom is 0.291 e. The summed E-state index contributed by atoms with van der Waals surface area (Å²) in [6, 6.07) is 9.64. The summed E-state index contributed by atoms with van der Waals surface area (Å²) in [6.07, 6.45) is 5.43. The lowest BCUT2D eigenvalue weighted by Crippen LogP contribution is -2.69. The number of anilines is 1. The van der Waals surface area contributed by atoms with E-state index >= 15 is 0 Å². The molecule has 6 aliphatic rings. The average Bonchev–Trinajstić information content (AvgIpc) is 3.15. The van der Waals surface area contributed by atoms with E-state index in [-0.39, 0.29) is 17.4 Å². The number of rotatable bonds is 0. The summed E-state index contributed by atoms with van der Waals surface area (Å²) in [5.41, 5.74) is 4.35. The number of ether oxygens (including phenoxy) is 1. The highest BCUT2D eigenvalue weighted by Crippen LogP contribution is 2.65. The smallest absolute Gasteiger partial charge is 0.291 e. The molecular formula is C21H23N3O5. The molecule has 4 fully saturated rings. The van der Waals surface area contributed by atoms with Gasteiger partial charge in [0.25, 0.3) is 5.09 Å². The number of carbonyl (C=O) groups is 1. The third kappa shape index (κ3) is 2.08. The third-order valence-corrected chi connectivity index (χ3v) is 8.22. The second-order valence-electron chi connectivity index (χ2n) is 9.01. The number of hydrogen-bond donors (Lipinski definition) is 1. The van der Waals surface area contributed by atoms with Gasteiger partial charge >= 0.3 is 0 Å². The minimum Gasteiger partial charge on any atom is -0.373 e. The van der Waals surface area contributed by atoms with Crippen molar-refractivity contribution in [2.24, 2.45) is 11.8 Å².